The molecule has 0 aromatic rings. The Morgan fingerprint density at radius 1 is 1.12 bits per heavy atom. The van der Waals surface area contributed by atoms with E-state index in [0.29, 0.717) is 24.3 Å². The van der Waals surface area contributed by atoms with Gasteiger partial charge in [-0.1, -0.05) is 41.0 Å². The van der Waals surface area contributed by atoms with E-state index in [4.69, 9.17) is 15.2 Å². The molecule has 0 saturated heterocycles. The van der Waals surface area contributed by atoms with Gasteiger partial charge in [0.2, 0.25) is 0 Å². The molecule has 152 valence electrons. The van der Waals surface area contributed by atoms with Crippen LogP contribution in [0.5, 0.6) is 0 Å². The first-order valence-corrected chi connectivity index (χ1v) is 10.5. The van der Waals surface area contributed by atoms with Gasteiger partial charge in [-0.15, -0.1) is 0 Å². The Bertz CT molecular complexity index is 448. The second-order valence-electron chi connectivity index (χ2n) is 7.34. The zero-order valence-electron chi connectivity index (χ0n) is 16.8. The molecule has 7 heteroatoms. The topological polar surface area (TPSA) is 95.7 Å². The van der Waals surface area contributed by atoms with Crippen molar-refractivity contribution in [2.24, 2.45) is 11.1 Å². The molecule has 0 aliphatic heterocycles. The number of thioether (sulfide) groups is 1. The lowest BCUT2D eigenvalue weighted by molar-refractivity contribution is -0.157. The van der Waals surface area contributed by atoms with Crippen molar-refractivity contribution in [3.63, 3.8) is 0 Å². The van der Waals surface area contributed by atoms with Crippen LogP contribution in [0.25, 0.3) is 0 Å². The summed E-state index contributed by atoms with van der Waals surface area (Å²) in [5.41, 5.74) is 5.51. The van der Waals surface area contributed by atoms with E-state index < -0.39 is 17.6 Å². The second kappa shape index (κ2) is 13.1. The van der Waals surface area contributed by atoms with Gasteiger partial charge in [0, 0.05) is 24.0 Å². The summed E-state index contributed by atoms with van der Waals surface area (Å²) in [7, 11) is 0. The van der Waals surface area contributed by atoms with Crippen molar-refractivity contribution in [3.05, 3.63) is 0 Å². The monoisotopic (exact) mass is 389 g/mol. The summed E-state index contributed by atoms with van der Waals surface area (Å²) in [5, 5.41) is 0. The Morgan fingerprint density at radius 3 is 2.31 bits per heavy atom. The Hall–Kier alpha value is -1.08. The number of ketones is 1. The van der Waals surface area contributed by atoms with Crippen molar-refractivity contribution in [1.82, 2.24) is 0 Å². The minimum absolute atomic E-state index is 0.0394. The van der Waals surface area contributed by atoms with Crippen LogP contribution in [0, 0.1) is 5.41 Å². The summed E-state index contributed by atoms with van der Waals surface area (Å²) >= 11 is 1.54. The number of Topliss-reactive ketones (excluding diaryl/α,β-unsaturated/α-hetero) is 1. The first-order valence-electron chi connectivity index (χ1n) is 9.34. The van der Waals surface area contributed by atoms with Gasteiger partial charge in [0.1, 0.15) is 12.7 Å². The molecular formula is C19H35NO5S. The highest BCUT2D eigenvalue weighted by molar-refractivity contribution is 7.99. The number of carbonyl (C=O) groups is 3. The van der Waals surface area contributed by atoms with E-state index in [0.717, 1.165) is 12.8 Å². The van der Waals surface area contributed by atoms with Gasteiger partial charge in [0.15, 0.2) is 5.78 Å². The number of unbranched alkanes of at least 4 members (excludes halogenated alkanes) is 1. The van der Waals surface area contributed by atoms with Crippen LogP contribution < -0.4 is 5.73 Å². The van der Waals surface area contributed by atoms with Crippen molar-refractivity contribution < 1.29 is 23.9 Å². The molecule has 0 spiro atoms. The van der Waals surface area contributed by atoms with Gasteiger partial charge >= 0.3 is 11.9 Å². The second-order valence-corrected chi connectivity index (χ2v) is 8.49. The maximum Gasteiger partial charge on any atom is 0.306 e. The van der Waals surface area contributed by atoms with Crippen molar-refractivity contribution in [2.45, 2.75) is 78.9 Å². The molecule has 0 rings (SSSR count). The van der Waals surface area contributed by atoms with E-state index in [1.165, 1.54) is 0 Å². The van der Waals surface area contributed by atoms with Crippen LogP contribution in [0.15, 0.2) is 0 Å². The quantitative estimate of drug-likeness (QED) is 0.382. The zero-order valence-corrected chi connectivity index (χ0v) is 17.7. The number of hydrogen-bond donors (Lipinski definition) is 1. The average Bonchev–Trinajstić information content (AvgIpc) is 2.58. The van der Waals surface area contributed by atoms with Gasteiger partial charge in [-0.2, -0.15) is 11.8 Å². The highest BCUT2D eigenvalue weighted by Gasteiger charge is 2.26. The Kier molecular flexibility index (Phi) is 12.6. The Morgan fingerprint density at radius 2 is 1.77 bits per heavy atom. The van der Waals surface area contributed by atoms with Gasteiger partial charge in [-0.25, -0.2) is 0 Å². The minimum atomic E-state index is -0.494. The van der Waals surface area contributed by atoms with E-state index in [-0.39, 0.29) is 30.7 Å². The average molecular weight is 390 g/mol. The predicted octanol–water partition coefficient (Wildman–Crippen LogP) is 3.11. The summed E-state index contributed by atoms with van der Waals surface area (Å²) in [6, 6.07) is -0.494. The van der Waals surface area contributed by atoms with Crippen LogP contribution in [0.4, 0.5) is 0 Å². The van der Waals surface area contributed by atoms with E-state index in [1.807, 2.05) is 27.7 Å². The summed E-state index contributed by atoms with van der Waals surface area (Å²) in [5.74, 6) is 0.628. The van der Waals surface area contributed by atoms with Crippen molar-refractivity contribution in [3.8, 4) is 0 Å². The first-order chi connectivity index (χ1) is 12.1. The van der Waals surface area contributed by atoms with Crippen LogP contribution in [0.3, 0.4) is 0 Å². The summed E-state index contributed by atoms with van der Waals surface area (Å²) in [4.78, 5) is 35.3. The number of ether oxygens (including phenoxy) is 2. The lowest BCUT2D eigenvalue weighted by atomic mass is 9.86. The fourth-order valence-corrected chi connectivity index (χ4v) is 3.10. The molecule has 0 bridgehead atoms. The van der Waals surface area contributed by atoms with Crippen LogP contribution in [-0.2, 0) is 23.9 Å². The third-order valence-corrected chi connectivity index (χ3v) is 4.84. The molecule has 0 unspecified atom stereocenters. The van der Waals surface area contributed by atoms with E-state index in [9.17, 15) is 14.4 Å². The van der Waals surface area contributed by atoms with E-state index >= 15 is 0 Å². The molecule has 0 aliphatic carbocycles. The molecule has 0 aromatic carbocycles. The highest BCUT2D eigenvalue weighted by atomic mass is 32.2. The van der Waals surface area contributed by atoms with Crippen LogP contribution in [0.1, 0.15) is 66.7 Å². The number of rotatable bonds is 13. The highest BCUT2D eigenvalue weighted by Crippen LogP contribution is 2.19. The maximum absolute atomic E-state index is 12.1. The molecule has 0 aromatic heterocycles. The van der Waals surface area contributed by atoms with Crippen LogP contribution in [-0.4, -0.2) is 48.0 Å². The third kappa shape index (κ3) is 11.5. The molecule has 0 saturated carbocycles. The van der Waals surface area contributed by atoms with Crippen LogP contribution in [0.2, 0.25) is 0 Å². The van der Waals surface area contributed by atoms with Crippen molar-refractivity contribution in [2.75, 3.05) is 18.1 Å². The lowest BCUT2D eigenvalue weighted by Crippen LogP contribution is -2.39. The van der Waals surface area contributed by atoms with Gasteiger partial charge < -0.3 is 15.2 Å². The van der Waals surface area contributed by atoms with E-state index in [1.54, 1.807) is 18.7 Å². The number of esters is 2. The van der Waals surface area contributed by atoms with Gasteiger partial charge in [-0.3, -0.25) is 14.4 Å². The number of hydrogen-bond acceptors (Lipinski definition) is 7. The molecule has 2 atom stereocenters. The third-order valence-electron chi connectivity index (χ3n) is 3.70. The SMILES string of the molecule is CCCCC(=O)O[C@@H](COC(=O)CC)CSCC[C@H](N)C(=O)C(C)(C)C. The summed E-state index contributed by atoms with van der Waals surface area (Å²) < 4.78 is 10.5. The molecule has 0 fully saturated rings. The zero-order chi connectivity index (χ0) is 20.2. The largest absolute Gasteiger partial charge is 0.462 e. The normalized spacial score (nSPS) is 13.8. The molecule has 6 nitrogen and oxygen atoms in total. The van der Waals surface area contributed by atoms with Gasteiger partial charge in [0.05, 0.1) is 6.04 Å². The number of nitrogens with two attached hydrogens (primary N) is 1. The predicted molar refractivity (Wildman–Crippen MR) is 105 cm³/mol. The fraction of sp³-hybridized carbons (Fsp3) is 0.842. The lowest BCUT2D eigenvalue weighted by Gasteiger charge is -2.22. The van der Waals surface area contributed by atoms with Crippen molar-refractivity contribution in [1.29, 1.82) is 0 Å². The fourth-order valence-electron chi connectivity index (χ4n) is 2.08. The molecular weight excluding hydrogens is 354 g/mol. The van der Waals surface area contributed by atoms with E-state index in [2.05, 4.69) is 0 Å². The minimum Gasteiger partial charge on any atom is -0.462 e. The maximum atomic E-state index is 12.1. The van der Waals surface area contributed by atoms with Gasteiger partial charge in [0.25, 0.3) is 0 Å². The summed E-state index contributed by atoms with van der Waals surface area (Å²) in [6.07, 6.45) is 2.43. The molecule has 0 aliphatic rings. The molecule has 2 N–H and O–H groups in total. The first kappa shape index (κ1) is 24.9. The van der Waals surface area contributed by atoms with Crippen molar-refractivity contribution >= 4 is 29.5 Å². The smallest absolute Gasteiger partial charge is 0.306 e. The molecule has 26 heavy (non-hydrogen) atoms. The molecule has 0 radical (unpaired) electrons. The Balaban J connectivity index is 4.37. The summed E-state index contributed by atoms with van der Waals surface area (Å²) in [6.45, 7) is 9.35. The van der Waals surface area contributed by atoms with Crippen LogP contribution >= 0.6 is 11.8 Å². The molecule has 0 heterocycles. The molecule has 0 amide bonds. The van der Waals surface area contributed by atoms with Gasteiger partial charge in [-0.05, 0) is 18.6 Å². The number of carbonyl (C=O) groups excluding carboxylic acids is 3. The standard InChI is InChI=1S/C19H35NO5S/c1-6-8-9-17(22)25-14(12-24-16(21)7-2)13-26-11-10-15(20)18(23)19(3,4)5/h14-15H,6-13,20H2,1-5H3/t14-,15-/m0/s1. The Labute approximate surface area is 161 Å².